The lowest BCUT2D eigenvalue weighted by molar-refractivity contribution is -0.152. The monoisotopic (exact) mass is 258 g/mol. The number of carboxylic acid groups (broad SMARTS) is 1. The summed E-state index contributed by atoms with van der Waals surface area (Å²) in [6, 6.07) is 0. The molecule has 6 nitrogen and oxygen atoms in total. The van der Waals surface area contributed by atoms with Crippen molar-refractivity contribution in [3.63, 3.8) is 0 Å². The fourth-order valence-corrected chi connectivity index (χ4v) is 1.92. The van der Waals surface area contributed by atoms with Crippen LogP contribution in [0.1, 0.15) is 26.7 Å². The van der Waals surface area contributed by atoms with Crippen LogP contribution in [-0.4, -0.2) is 48.8 Å². The van der Waals surface area contributed by atoms with Gasteiger partial charge in [-0.2, -0.15) is 0 Å². The molecule has 104 valence electrons. The zero-order valence-corrected chi connectivity index (χ0v) is 11.0. The van der Waals surface area contributed by atoms with Gasteiger partial charge in [0.2, 0.25) is 5.91 Å². The molecular weight excluding hydrogens is 236 g/mol. The van der Waals surface area contributed by atoms with Crippen molar-refractivity contribution >= 4 is 11.9 Å². The van der Waals surface area contributed by atoms with E-state index in [1.165, 1.54) is 0 Å². The van der Waals surface area contributed by atoms with Gasteiger partial charge in [-0.1, -0.05) is 13.8 Å². The summed E-state index contributed by atoms with van der Waals surface area (Å²) in [5.41, 5.74) is -1.16. The number of amides is 1. The Labute approximate surface area is 107 Å². The van der Waals surface area contributed by atoms with Gasteiger partial charge in [-0.3, -0.25) is 4.79 Å². The first kappa shape index (κ1) is 14.9. The van der Waals surface area contributed by atoms with Crippen LogP contribution in [0.15, 0.2) is 0 Å². The third kappa shape index (κ3) is 3.68. The molecule has 1 atom stereocenters. The molecule has 0 radical (unpaired) electrons. The van der Waals surface area contributed by atoms with Gasteiger partial charge in [-0.05, 0) is 6.54 Å². The number of carbonyl (C=O) groups excluding carboxylic acids is 1. The molecule has 3 N–H and O–H groups in total. The van der Waals surface area contributed by atoms with E-state index in [2.05, 4.69) is 10.6 Å². The van der Waals surface area contributed by atoms with E-state index in [4.69, 9.17) is 4.74 Å². The van der Waals surface area contributed by atoms with Gasteiger partial charge in [-0.15, -0.1) is 0 Å². The van der Waals surface area contributed by atoms with E-state index >= 15 is 0 Å². The Kier molecular flexibility index (Phi) is 5.55. The Morgan fingerprint density at radius 1 is 1.39 bits per heavy atom. The third-order valence-electron chi connectivity index (χ3n) is 3.27. The summed E-state index contributed by atoms with van der Waals surface area (Å²) in [5.74, 6) is -1.45. The van der Waals surface area contributed by atoms with E-state index in [-0.39, 0.29) is 11.8 Å². The molecule has 0 aliphatic carbocycles. The maximum Gasteiger partial charge on any atom is 0.329 e. The van der Waals surface area contributed by atoms with Gasteiger partial charge in [0.05, 0.1) is 0 Å². The van der Waals surface area contributed by atoms with E-state index < -0.39 is 11.5 Å². The van der Waals surface area contributed by atoms with Crippen molar-refractivity contribution in [1.82, 2.24) is 10.6 Å². The number of aliphatic carboxylic acids is 1. The van der Waals surface area contributed by atoms with Crippen LogP contribution in [0.2, 0.25) is 0 Å². The number of ether oxygens (including phenoxy) is 1. The SMILES string of the molecule is CCNCC(C)C(=O)NC1(C(=O)O)CCOCC1. The Hall–Kier alpha value is -1.14. The standard InChI is InChI=1S/C12H22N2O4/c1-3-13-8-9(2)10(15)14-12(11(16)17)4-6-18-7-5-12/h9,13H,3-8H2,1-2H3,(H,14,15)(H,16,17). The highest BCUT2D eigenvalue weighted by Crippen LogP contribution is 2.21. The topological polar surface area (TPSA) is 87.7 Å². The molecule has 0 aromatic carbocycles. The van der Waals surface area contributed by atoms with Crippen LogP contribution < -0.4 is 10.6 Å². The first-order valence-corrected chi connectivity index (χ1v) is 6.35. The average molecular weight is 258 g/mol. The molecule has 18 heavy (non-hydrogen) atoms. The van der Waals surface area contributed by atoms with E-state index in [1.54, 1.807) is 6.92 Å². The number of carbonyl (C=O) groups is 2. The van der Waals surface area contributed by atoms with Crippen LogP contribution in [0.3, 0.4) is 0 Å². The molecular formula is C12H22N2O4. The summed E-state index contributed by atoms with van der Waals surface area (Å²) in [5, 5.41) is 15.1. The van der Waals surface area contributed by atoms with E-state index in [1.807, 2.05) is 6.92 Å². The lowest BCUT2D eigenvalue weighted by atomic mass is 9.89. The smallest absolute Gasteiger partial charge is 0.329 e. The fourth-order valence-electron chi connectivity index (χ4n) is 1.92. The average Bonchev–Trinajstić information content (AvgIpc) is 2.36. The molecule has 0 aromatic heterocycles. The molecule has 1 fully saturated rings. The highest BCUT2D eigenvalue weighted by Gasteiger charge is 2.42. The van der Waals surface area contributed by atoms with Crippen molar-refractivity contribution in [1.29, 1.82) is 0 Å². The lowest BCUT2D eigenvalue weighted by Crippen LogP contribution is -2.59. The van der Waals surface area contributed by atoms with Crippen molar-refractivity contribution in [2.45, 2.75) is 32.2 Å². The number of hydrogen-bond acceptors (Lipinski definition) is 4. The van der Waals surface area contributed by atoms with Gasteiger partial charge in [0, 0.05) is 38.5 Å². The van der Waals surface area contributed by atoms with Gasteiger partial charge in [-0.25, -0.2) is 4.79 Å². The highest BCUT2D eigenvalue weighted by atomic mass is 16.5. The van der Waals surface area contributed by atoms with Crippen molar-refractivity contribution in [3.05, 3.63) is 0 Å². The normalized spacial score (nSPS) is 20.1. The van der Waals surface area contributed by atoms with Gasteiger partial charge < -0.3 is 20.5 Å². The Balaban J connectivity index is 2.60. The Morgan fingerprint density at radius 3 is 2.50 bits per heavy atom. The Morgan fingerprint density at radius 2 is 2.00 bits per heavy atom. The quantitative estimate of drug-likeness (QED) is 0.623. The minimum absolute atomic E-state index is 0.222. The molecule has 1 rings (SSSR count). The Bertz CT molecular complexity index is 300. The summed E-state index contributed by atoms with van der Waals surface area (Å²) < 4.78 is 5.15. The summed E-state index contributed by atoms with van der Waals surface area (Å²) in [6.45, 7) is 5.82. The molecule has 1 saturated heterocycles. The van der Waals surface area contributed by atoms with E-state index in [0.717, 1.165) is 6.54 Å². The van der Waals surface area contributed by atoms with Crippen molar-refractivity contribution < 1.29 is 19.4 Å². The van der Waals surface area contributed by atoms with E-state index in [9.17, 15) is 14.7 Å². The predicted octanol–water partition coefficient (Wildman–Crippen LogP) is -0.0180. The summed E-state index contributed by atoms with van der Waals surface area (Å²) >= 11 is 0. The van der Waals surface area contributed by atoms with Crippen molar-refractivity contribution in [2.24, 2.45) is 5.92 Å². The second-order valence-corrected chi connectivity index (χ2v) is 4.70. The molecule has 0 bridgehead atoms. The van der Waals surface area contributed by atoms with Crippen LogP contribution in [0.25, 0.3) is 0 Å². The van der Waals surface area contributed by atoms with Crippen LogP contribution in [-0.2, 0) is 14.3 Å². The van der Waals surface area contributed by atoms with Crippen LogP contribution in [0.5, 0.6) is 0 Å². The highest BCUT2D eigenvalue weighted by molar-refractivity contribution is 5.88. The third-order valence-corrected chi connectivity index (χ3v) is 3.27. The number of carboxylic acids is 1. The summed E-state index contributed by atoms with van der Waals surface area (Å²) in [6.07, 6.45) is 0.643. The lowest BCUT2D eigenvalue weighted by Gasteiger charge is -2.34. The minimum Gasteiger partial charge on any atom is -0.480 e. The van der Waals surface area contributed by atoms with Gasteiger partial charge in [0.25, 0.3) is 0 Å². The number of rotatable bonds is 6. The zero-order chi connectivity index (χ0) is 13.6. The first-order valence-electron chi connectivity index (χ1n) is 6.35. The molecule has 1 aliphatic heterocycles. The van der Waals surface area contributed by atoms with Crippen LogP contribution in [0, 0.1) is 5.92 Å². The summed E-state index contributed by atoms with van der Waals surface area (Å²) in [4.78, 5) is 23.3. The first-order chi connectivity index (χ1) is 8.52. The van der Waals surface area contributed by atoms with Crippen molar-refractivity contribution in [3.8, 4) is 0 Å². The second kappa shape index (κ2) is 6.70. The van der Waals surface area contributed by atoms with Crippen LogP contribution >= 0.6 is 0 Å². The molecule has 6 heteroatoms. The molecule has 0 aromatic rings. The predicted molar refractivity (Wildman–Crippen MR) is 66.3 cm³/mol. The van der Waals surface area contributed by atoms with Gasteiger partial charge in [0.15, 0.2) is 0 Å². The summed E-state index contributed by atoms with van der Waals surface area (Å²) in [7, 11) is 0. The fraction of sp³-hybridized carbons (Fsp3) is 0.833. The number of hydrogen-bond donors (Lipinski definition) is 3. The largest absolute Gasteiger partial charge is 0.480 e. The maximum absolute atomic E-state index is 12.0. The molecule has 0 saturated carbocycles. The minimum atomic E-state index is -1.16. The molecule has 1 aliphatic rings. The maximum atomic E-state index is 12.0. The van der Waals surface area contributed by atoms with Crippen LogP contribution in [0.4, 0.5) is 0 Å². The van der Waals surface area contributed by atoms with Gasteiger partial charge in [0.1, 0.15) is 5.54 Å². The van der Waals surface area contributed by atoms with Crippen molar-refractivity contribution in [2.75, 3.05) is 26.3 Å². The molecule has 0 spiro atoms. The van der Waals surface area contributed by atoms with Gasteiger partial charge >= 0.3 is 5.97 Å². The zero-order valence-electron chi connectivity index (χ0n) is 11.0. The second-order valence-electron chi connectivity index (χ2n) is 4.70. The molecule has 1 amide bonds. The molecule has 1 heterocycles. The molecule has 1 unspecified atom stereocenters. The van der Waals surface area contributed by atoms with E-state index in [0.29, 0.717) is 32.6 Å². The number of nitrogens with one attached hydrogen (secondary N) is 2.